The van der Waals surface area contributed by atoms with Crippen molar-refractivity contribution in [3.05, 3.63) is 57.0 Å². The third kappa shape index (κ3) is 1.53. The largest absolute Gasteiger partial charge is 0.325 e. The van der Waals surface area contributed by atoms with Crippen molar-refractivity contribution in [3.63, 3.8) is 0 Å². The van der Waals surface area contributed by atoms with Crippen LogP contribution in [0.1, 0.15) is 45.4 Å². The number of H-pyrrole nitrogens is 1. The fraction of sp³-hybridized carbons (Fsp3) is 0.471. The van der Waals surface area contributed by atoms with Gasteiger partial charge in [0.05, 0.1) is 5.54 Å². The molecule has 20 heavy (non-hydrogen) atoms. The summed E-state index contributed by atoms with van der Waals surface area (Å²) in [5, 5.41) is 0. The standard InChI is InChI=1S/C17H22N2O/c1-5-11-13-8-10(2)9-17(11,18)12-6-7-14(20)19-15(12)16(13,3)4/h5-8,13H,9,18H2,1-4H3,(H,19,20)/t13-,17-/m0/s1. The van der Waals surface area contributed by atoms with Crippen LogP contribution in [0.3, 0.4) is 0 Å². The Bertz CT molecular complexity index is 693. The Morgan fingerprint density at radius 3 is 2.75 bits per heavy atom. The van der Waals surface area contributed by atoms with E-state index in [1.54, 1.807) is 6.07 Å². The molecule has 0 aromatic carbocycles. The number of fused-ring (bicyclic) bond motifs is 4. The van der Waals surface area contributed by atoms with Crippen LogP contribution in [0.5, 0.6) is 0 Å². The summed E-state index contributed by atoms with van der Waals surface area (Å²) in [7, 11) is 0. The van der Waals surface area contributed by atoms with E-state index < -0.39 is 5.54 Å². The van der Waals surface area contributed by atoms with Crippen LogP contribution in [-0.2, 0) is 11.0 Å². The maximum absolute atomic E-state index is 11.7. The highest BCUT2D eigenvalue weighted by Crippen LogP contribution is 2.54. The van der Waals surface area contributed by atoms with Crippen molar-refractivity contribution in [1.82, 2.24) is 4.98 Å². The van der Waals surface area contributed by atoms with Crippen molar-refractivity contribution >= 4 is 0 Å². The Labute approximate surface area is 119 Å². The first-order chi connectivity index (χ1) is 9.30. The Kier molecular flexibility index (Phi) is 2.64. The normalized spacial score (nSPS) is 32.8. The highest BCUT2D eigenvalue weighted by atomic mass is 16.1. The Balaban J connectivity index is 2.41. The highest BCUT2D eigenvalue weighted by molar-refractivity contribution is 5.53. The predicted molar refractivity (Wildman–Crippen MR) is 81.6 cm³/mol. The number of aromatic nitrogens is 1. The molecule has 1 aromatic heterocycles. The summed E-state index contributed by atoms with van der Waals surface area (Å²) in [5.74, 6) is 0.247. The molecule has 106 valence electrons. The summed E-state index contributed by atoms with van der Waals surface area (Å²) in [5.41, 5.74) is 10.8. The first kappa shape index (κ1) is 13.4. The summed E-state index contributed by atoms with van der Waals surface area (Å²) in [6.45, 7) is 8.58. The molecule has 3 N–H and O–H groups in total. The lowest BCUT2D eigenvalue weighted by Crippen LogP contribution is -2.54. The summed E-state index contributed by atoms with van der Waals surface area (Å²) in [6, 6.07) is 3.50. The SMILES string of the molecule is CC=C1[C@@H]2C=C(C)C[C@@]1(N)c1ccc(=O)[nH]c1C2(C)C. The van der Waals surface area contributed by atoms with Gasteiger partial charge in [-0.3, -0.25) is 4.79 Å². The number of hydrogen-bond donors (Lipinski definition) is 2. The van der Waals surface area contributed by atoms with Crippen molar-refractivity contribution in [2.75, 3.05) is 0 Å². The molecule has 2 aliphatic rings. The van der Waals surface area contributed by atoms with Gasteiger partial charge in [-0.25, -0.2) is 0 Å². The van der Waals surface area contributed by atoms with Crippen LogP contribution in [0, 0.1) is 5.92 Å². The third-order valence-electron chi connectivity index (χ3n) is 4.99. The molecule has 0 radical (unpaired) electrons. The lowest BCUT2D eigenvalue weighted by Gasteiger charge is -2.52. The molecule has 2 atom stereocenters. The van der Waals surface area contributed by atoms with Gasteiger partial charge in [0.15, 0.2) is 0 Å². The van der Waals surface area contributed by atoms with Crippen LogP contribution < -0.4 is 11.3 Å². The van der Waals surface area contributed by atoms with Crippen molar-refractivity contribution in [3.8, 4) is 0 Å². The van der Waals surface area contributed by atoms with E-state index in [2.05, 4.69) is 44.8 Å². The van der Waals surface area contributed by atoms with E-state index in [0.717, 1.165) is 17.7 Å². The number of hydrogen-bond acceptors (Lipinski definition) is 2. The summed E-state index contributed by atoms with van der Waals surface area (Å²) < 4.78 is 0. The fourth-order valence-electron chi connectivity index (χ4n) is 4.05. The van der Waals surface area contributed by atoms with Gasteiger partial charge in [0.2, 0.25) is 5.56 Å². The molecule has 2 aliphatic carbocycles. The second kappa shape index (κ2) is 3.95. The van der Waals surface area contributed by atoms with Gasteiger partial charge in [-0.1, -0.05) is 31.6 Å². The summed E-state index contributed by atoms with van der Waals surface area (Å²) >= 11 is 0. The predicted octanol–water partition coefficient (Wildman–Crippen LogP) is 2.73. The van der Waals surface area contributed by atoms with Crippen LogP contribution in [0.25, 0.3) is 0 Å². The number of rotatable bonds is 0. The van der Waals surface area contributed by atoms with Gasteiger partial charge in [0, 0.05) is 23.1 Å². The quantitative estimate of drug-likeness (QED) is 0.712. The van der Waals surface area contributed by atoms with E-state index in [-0.39, 0.29) is 16.9 Å². The average Bonchev–Trinajstić information content (AvgIpc) is 2.36. The van der Waals surface area contributed by atoms with Crippen LogP contribution in [0.15, 0.2) is 40.2 Å². The maximum Gasteiger partial charge on any atom is 0.248 e. The Morgan fingerprint density at radius 1 is 1.40 bits per heavy atom. The topological polar surface area (TPSA) is 58.9 Å². The number of pyridine rings is 1. The van der Waals surface area contributed by atoms with Gasteiger partial charge in [-0.2, -0.15) is 0 Å². The molecule has 0 saturated heterocycles. The lowest BCUT2D eigenvalue weighted by atomic mass is 9.55. The molecule has 1 aromatic rings. The second-order valence-electron chi connectivity index (χ2n) is 6.72. The smallest absolute Gasteiger partial charge is 0.248 e. The van der Waals surface area contributed by atoms with Crippen LogP contribution in [0.4, 0.5) is 0 Å². The van der Waals surface area contributed by atoms with Crippen LogP contribution in [-0.4, -0.2) is 4.98 Å². The zero-order chi connectivity index (χ0) is 14.7. The molecule has 0 fully saturated rings. The van der Waals surface area contributed by atoms with Gasteiger partial charge in [-0.15, -0.1) is 0 Å². The Morgan fingerprint density at radius 2 is 2.10 bits per heavy atom. The number of nitrogens with one attached hydrogen (secondary N) is 1. The molecular formula is C17H22N2O. The van der Waals surface area contributed by atoms with Gasteiger partial charge < -0.3 is 10.7 Å². The third-order valence-corrected chi connectivity index (χ3v) is 4.99. The molecule has 0 unspecified atom stereocenters. The zero-order valence-corrected chi connectivity index (χ0v) is 12.6. The zero-order valence-electron chi connectivity index (χ0n) is 12.6. The minimum absolute atomic E-state index is 0.0527. The van der Waals surface area contributed by atoms with Crippen molar-refractivity contribution in [2.24, 2.45) is 11.7 Å². The van der Waals surface area contributed by atoms with E-state index in [9.17, 15) is 4.79 Å². The van der Waals surface area contributed by atoms with Crippen LogP contribution >= 0.6 is 0 Å². The molecule has 0 spiro atoms. The summed E-state index contributed by atoms with van der Waals surface area (Å²) in [6.07, 6.45) is 5.29. The van der Waals surface area contributed by atoms with Crippen molar-refractivity contribution in [1.29, 1.82) is 0 Å². The molecule has 0 saturated carbocycles. The van der Waals surface area contributed by atoms with E-state index >= 15 is 0 Å². The van der Waals surface area contributed by atoms with Crippen molar-refractivity contribution in [2.45, 2.75) is 45.1 Å². The van der Waals surface area contributed by atoms with E-state index in [1.165, 1.54) is 11.1 Å². The average molecular weight is 270 g/mol. The van der Waals surface area contributed by atoms with E-state index in [4.69, 9.17) is 5.73 Å². The minimum Gasteiger partial charge on any atom is -0.325 e. The molecule has 3 rings (SSSR count). The lowest BCUT2D eigenvalue weighted by molar-refractivity contribution is 0.298. The summed E-state index contributed by atoms with van der Waals surface area (Å²) in [4.78, 5) is 14.8. The van der Waals surface area contributed by atoms with E-state index in [0.29, 0.717) is 0 Å². The number of aromatic amines is 1. The van der Waals surface area contributed by atoms with Gasteiger partial charge in [-0.05, 0) is 37.5 Å². The van der Waals surface area contributed by atoms with Gasteiger partial charge >= 0.3 is 0 Å². The van der Waals surface area contributed by atoms with Crippen molar-refractivity contribution < 1.29 is 0 Å². The van der Waals surface area contributed by atoms with Gasteiger partial charge in [0.1, 0.15) is 0 Å². The maximum atomic E-state index is 11.7. The molecule has 0 aliphatic heterocycles. The second-order valence-corrected chi connectivity index (χ2v) is 6.72. The molecular weight excluding hydrogens is 248 g/mol. The first-order valence-corrected chi connectivity index (χ1v) is 7.18. The molecule has 0 amide bonds. The highest BCUT2D eigenvalue weighted by Gasteiger charge is 2.51. The number of allylic oxidation sites excluding steroid dienone is 2. The number of nitrogens with two attached hydrogens (primary N) is 1. The molecule has 1 heterocycles. The molecule has 3 nitrogen and oxygen atoms in total. The van der Waals surface area contributed by atoms with Gasteiger partial charge in [0.25, 0.3) is 0 Å². The van der Waals surface area contributed by atoms with E-state index in [1.807, 2.05) is 6.07 Å². The first-order valence-electron chi connectivity index (χ1n) is 7.18. The monoisotopic (exact) mass is 270 g/mol. The molecule has 3 heteroatoms. The molecule has 2 bridgehead atoms. The fourth-order valence-corrected chi connectivity index (χ4v) is 4.05. The van der Waals surface area contributed by atoms with Crippen LogP contribution in [0.2, 0.25) is 0 Å². The minimum atomic E-state index is -0.479. The Hall–Kier alpha value is -1.61.